The third-order valence-electron chi connectivity index (χ3n) is 2.28. The van der Waals surface area contributed by atoms with E-state index >= 15 is 0 Å². The topological polar surface area (TPSA) is 17.1 Å². The molecule has 1 rings (SSSR count). The molecule has 0 saturated heterocycles. The number of unbranched alkanes of at least 4 members (excludes halogenated alkanes) is 1. The van der Waals surface area contributed by atoms with Gasteiger partial charge in [0.25, 0.3) is 0 Å². The van der Waals surface area contributed by atoms with Crippen molar-refractivity contribution in [1.29, 1.82) is 0 Å². The zero-order chi connectivity index (χ0) is 11.3. The van der Waals surface area contributed by atoms with Crippen molar-refractivity contribution in [3.05, 3.63) is 33.8 Å². The molecule has 0 bridgehead atoms. The number of benzene rings is 1. The Morgan fingerprint density at radius 3 is 2.73 bits per heavy atom. The highest BCUT2D eigenvalue weighted by atomic mass is 79.9. The van der Waals surface area contributed by atoms with E-state index in [1.165, 1.54) is 0 Å². The first-order valence-electron chi connectivity index (χ1n) is 5.00. The number of rotatable bonds is 5. The Balaban J connectivity index is 2.65. The van der Waals surface area contributed by atoms with Gasteiger partial charge in [0.05, 0.1) is 0 Å². The van der Waals surface area contributed by atoms with Crippen molar-refractivity contribution in [2.75, 3.05) is 5.88 Å². The van der Waals surface area contributed by atoms with Crippen LogP contribution >= 0.6 is 27.5 Å². The number of carbonyl (C=O) groups is 1. The standard InChI is InChI=1S/C12H14BrClO/c1-9-8-10(13)5-6-11(9)12(15)4-2-3-7-14/h5-6,8H,2-4,7H2,1H3. The van der Waals surface area contributed by atoms with Crippen molar-refractivity contribution in [2.24, 2.45) is 0 Å². The van der Waals surface area contributed by atoms with Crippen LogP contribution in [0.4, 0.5) is 0 Å². The van der Waals surface area contributed by atoms with Crippen LogP contribution in [-0.2, 0) is 0 Å². The first-order valence-corrected chi connectivity index (χ1v) is 6.33. The molecule has 0 N–H and O–H groups in total. The zero-order valence-electron chi connectivity index (χ0n) is 8.72. The second-order valence-corrected chi connectivity index (χ2v) is 4.82. The summed E-state index contributed by atoms with van der Waals surface area (Å²) in [6.45, 7) is 1.96. The van der Waals surface area contributed by atoms with Gasteiger partial charge in [0.2, 0.25) is 0 Å². The number of Topliss-reactive ketones (excluding diaryl/α,β-unsaturated/α-hetero) is 1. The molecule has 0 unspecified atom stereocenters. The molecule has 0 amide bonds. The van der Waals surface area contributed by atoms with E-state index < -0.39 is 0 Å². The molecule has 0 aromatic heterocycles. The fourth-order valence-electron chi connectivity index (χ4n) is 1.45. The van der Waals surface area contributed by atoms with E-state index in [9.17, 15) is 4.79 Å². The van der Waals surface area contributed by atoms with Gasteiger partial charge in [-0.2, -0.15) is 0 Å². The summed E-state index contributed by atoms with van der Waals surface area (Å²) in [7, 11) is 0. The SMILES string of the molecule is Cc1cc(Br)ccc1C(=O)CCCCCl. The third kappa shape index (κ3) is 3.96. The second-order valence-electron chi connectivity index (χ2n) is 3.53. The van der Waals surface area contributed by atoms with E-state index in [4.69, 9.17) is 11.6 Å². The molecule has 0 aliphatic rings. The molecule has 0 saturated carbocycles. The van der Waals surface area contributed by atoms with Gasteiger partial charge in [0, 0.05) is 22.3 Å². The molecular formula is C12H14BrClO. The number of aryl methyl sites for hydroxylation is 1. The van der Waals surface area contributed by atoms with Crippen LogP contribution < -0.4 is 0 Å². The Bertz CT molecular complexity index is 349. The van der Waals surface area contributed by atoms with Crippen LogP contribution in [0, 0.1) is 6.92 Å². The van der Waals surface area contributed by atoms with Gasteiger partial charge in [-0.15, -0.1) is 11.6 Å². The quantitative estimate of drug-likeness (QED) is 0.447. The van der Waals surface area contributed by atoms with Gasteiger partial charge < -0.3 is 0 Å². The Morgan fingerprint density at radius 2 is 2.13 bits per heavy atom. The number of carbonyl (C=O) groups excluding carboxylic acids is 1. The van der Waals surface area contributed by atoms with Gasteiger partial charge in [-0.3, -0.25) is 4.79 Å². The van der Waals surface area contributed by atoms with Crippen LogP contribution in [0.2, 0.25) is 0 Å². The molecule has 0 heterocycles. The van der Waals surface area contributed by atoms with Gasteiger partial charge in [-0.05, 0) is 37.5 Å². The maximum absolute atomic E-state index is 11.8. The summed E-state index contributed by atoms with van der Waals surface area (Å²) in [6, 6.07) is 5.75. The predicted molar refractivity (Wildman–Crippen MR) is 67.8 cm³/mol. The van der Waals surface area contributed by atoms with Crippen LogP contribution in [0.15, 0.2) is 22.7 Å². The summed E-state index contributed by atoms with van der Waals surface area (Å²) < 4.78 is 1.01. The zero-order valence-corrected chi connectivity index (χ0v) is 11.1. The molecule has 0 atom stereocenters. The lowest BCUT2D eigenvalue weighted by atomic mass is 10.0. The average molecular weight is 290 g/mol. The first kappa shape index (κ1) is 12.7. The van der Waals surface area contributed by atoms with Gasteiger partial charge in [0.1, 0.15) is 0 Å². The number of alkyl halides is 1. The lowest BCUT2D eigenvalue weighted by molar-refractivity contribution is 0.0979. The average Bonchev–Trinajstić information content (AvgIpc) is 2.17. The molecule has 0 aliphatic carbocycles. The molecule has 15 heavy (non-hydrogen) atoms. The minimum Gasteiger partial charge on any atom is -0.294 e. The molecule has 0 spiro atoms. The maximum Gasteiger partial charge on any atom is 0.163 e. The second kappa shape index (κ2) is 6.29. The maximum atomic E-state index is 11.8. The fraction of sp³-hybridized carbons (Fsp3) is 0.417. The molecule has 82 valence electrons. The first-order chi connectivity index (χ1) is 7.15. The molecule has 3 heteroatoms. The normalized spacial score (nSPS) is 10.3. The van der Waals surface area contributed by atoms with Crippen LogP contribution in [0.3, 0.4) is 0 Å². The van der Waals surface area contributed by atoms with Crippen LogP contribution in [0.25, 0.3) is 0 Å². The highest BCUT2D eigenvalue weighted by molar-refractivity contribution is 9.10. The Labute approximate surface area is 104 Å². The highest BCUT2D eigenvalue weighted by Gasteiger charge is 2.08. The molecular weight excluding hydrogens is 275 g/mol. The summed E-state index contributed by atoms with van der Waals surface area (Å²) in [6.07, 6.45) is 2.37. The number of ketones is 1. The summed E-state index contributed by atoms with van der Waals surface area (Å²) in [4.78, 5) is 11.8. The van der Waals surface area contributed by atoms with E-state index in [1.807, 2.05) is 25.1 Å². The molecule has 0 radical (unpaired) electrons. The molecule has 0 aliphatic heterocycles. The van der Waals surface area contributed by atoms with Gasteiger partial charge in [-0.1, -0.05) is 22.0 Å². The number of hydrogen-bond acceptors (Lipinski definition) is 1. The smallest absolute Gasteiger partial charge is 0.163 e. The van der Waals surface area contributed by atoms with Crippen molar-refractivity contribution in [2.45, 2.75) is 26.2 Å². The lowest BCUT2D eigenvalue weighted by Gasteiger charge is -2.04. The van der Waals surface area contributed by atoms with Crippen LogP contribution in [-0.4, -0.2) is 11.7 Å². The van der Waals surface area contributed by atoms with Crippen molar-refractivity contribution in [3.8, 4) is 0 Å². The van der Waals surface area contributed by atoms with E-state index in [0.29, 0.717) is 12.3 Å². The summed E-state index contributed by atoms with van der Waals surface area (Å²) in [5.74, 6) is 0.845. The predicted octanol–water partition coefficient (Wildman–Crippen LogP) is 4.35. The summed E-state index contributed by atoms with van der Waals surface area (Å²) in [5, 5.41) is 0. The number of halogens is 2. The Kier molecular flexibility index (Phi) is 5.34. The highest BCUT2D eigenvalue weighted by Crippen LogP contribution is 2.18. The van der Waals surface area contributed by atoms with Crippen molar-refractivity contribution in [1.82, 2.24) is 0 Å². The fourth-order valence-corrected chi connectivity index (χ4v) is 2.12. The van der Waals surface area contributed by atoms with Gasteiger partial charge in [0.15, 0.2) is 5.78 Å². The van der Waals surface area contributed by atoms with Gasteiger partial charge >= 0.3 is 0 Å². The van der Waals surface area contributed by atoms with E-state index in [1.54, 1.807) is 0 Å². The molecule has 1 nitrogen and oxygen atoms in total. The summed E-state index contributed by atoms with van der Waals surface area (Å²) in [5.41, 5.74) is 1.85. The molecule has 1 aromatic rings. The minimum atomic E-state index is 0.213. The van der Waals surface area contributed by atoms with Crippen molar-refractivity contribution in [3.63, 3.8) is 0 Å². The van der Waals surface area contributed by atoms with Gasteiger partial charge in [-0.25, -0.2) is 0 Å². The monoisotopic (exact) mass is 288 g/mol. The van der Waals surface area contributed by atoms with Crippen molar-refractivity contribution >= 4 is 33.3 Å². The van der Waals surface area contributed by atoms with E-state index in [2.05, 4.69) is 15.9 Å². The Morgan fingerprint density at radius 1 is 1.40 bits per heavy atom. The third-order valence-corrected chi connectivity index (χ3v) is 3.04. The lowest BCUT2D eigenvalue weighted by Crippen LogP contribution is -2.01. The number of hydrogen-bond donors (Lipinski definition) is 0. The van der Waals surface area contributed by atoms with E-state index in [-0.39, 0.29) is 5.78 Å². The van der Waals surface area contributed by atoms with Crippen LogP contribution in [0.5, 0.6) is 0 Å². The largest absolute Gasteiger partial charge is 0.294 e. The van der Waals surface area contributed by atoms with Crippen molar-refractivity contribution < 1.29 is 4.79 Å². The molecule has 1 aromatic carbocycles. The minimum absolute atomic E-state index is 0.213. The molecule has 0 fully saturated rings. The Hall–Kier alpha value is -0.340. The van der Waals surface area contributed by atoms with Crippen LogP contribution in [0.1, 0.15) is 35.2 Å². The van der Waals surface area contributed by atoms with E-state index in [0.717, 1.165) is 28.4 Å². The summed E-state index contributed by atoms with van der Waals surface area (Å²) >= 11 is 8.95.